The van der Waals surface area contributed by atoms with Crippen LogP contribution in [0.1, 0.15) is 50.1 Å². The third-order valence-corrected chi connectivity index (χ3v) is 5.68. The molecule has 1 aromatic rings. The van der Waals surface area contributed by atoms with E-state index in [2.05, 4.69) is 15.7 Å². The van der Waals surface area contributed by atoms with Crippen molar-refractivity contribution in [2.24, 2.45) is 0 Å². The maximum absolute atomic E-state index is 12.1. The van der Waals surface area contributed by atoms with Gasteiger partial charge in [0.2, 0.25) is 0 Å². The van der Waals surface area contributed by atoms with Gasteiger partial charge in [0.25, 0.3) is 5.91 Å². The second kappa shape index (κ2) is 7.37. The lowest BCUT2D eigenvalue weighted by atomic mass is 10.1. The lowest BCUT2D eigenvalue weighted by Crippen LogP contribution is -2.33. The summed E-state index contributed by atoms with van der Waals surface area (Å²) in [4.78, 5) is 12.1. The number of hydrogen-bond donors (Lipinski definition) is 2. The standard InChI is InChI=1S/C15H26N4O2S/c1-15(2,3)22(21)10-8-17-14(20)13-6-9-19(18-13)12-5-4-7-16-11-12/h6,9,12,16H,4-5,7-8,10-11H2,1-3H3,(H,17,20). The van der Waals surface area contributed by atoms with Gasteiger partial charge in [-0.15, -0.1) is 0 Å². The molecule has 0 bridgehead atoms. The van der Waals surface area contributed by atoms with Crippen LogP contribution in [0.5, 0.6) is 0 Å². The highest BCUT2D eigenvalue weighted by atomic mass is 32.2. The average Bonchev–Trinajstić information content (AvgIpc) is 2.97. The van der Waals surface area contributed by atoms with E-state index in [0.29, 0.717) is 24.0 Å². The van der Waals surface area contributed by atoms with E-state index in [0.717, 1.165) is 25.9 Å². The van der Waals surface area contributed by atoms with E-state index in [1.807, 2.05) is 31.6 Å². The zero-order valence-corrected chi connectivity index (χ0v) is 14.4. The Labute approximate surface area is 134 Å². The predicted octanol–water partition coefficient (Wildman–Crippen LogP) is 1.08. The van der Waals surface area contributed by atoms with Crippen LogP contribution in [-0.2, 0) is 10.8 Å². The SMILES string of the molecule is CC(C)(C)S(=O)CCNC(=O)c1ccn(C2CCCNC2)n1. The maximum Gasteiger partial charge on any atom is 0.271 e. The van der Waals surface area contributed by atoms with Gasteiger partial charge in [-0.25, -0.2) is 0 Å². The fraction of sp³-hybridized carbons (Fsp3) is 0.733. The van der Waals surface area contributed by atoms with Crippen molar-refractivity contribution in [1.29, 1.82) is 0 Å². The monoisotopic (exact) mass is 326 g/mol. The Morgan fingerprint density at radius 1 is 1.55 bits per heavy atom. The third-order valence-electron chi connectivity index (χ3n) is 3.74. The molecule has 1 fully saturated rings. The van der Waals surface area contributed by atoms with Crippen LogP contribution in [-0.4, -0.2) is 50.0 Å². The summed E-state index contributed by atoms with van der Waals surface area (Å²) >= 11 is 0. The molecule has 6 nitrogen and oxygen atoms in total. The van der Waals surface area contributed by atoms with Crippen molar-refractivity contribution in [3.05, 3.63) is 18.0 Å². The van der Waals surface area contributed by atoms with Crippen molar-refractivity contribution in [2.45, 2.75) is 44.4 Å². The Balaban J connectivity index is 1.83. The van der Waals surface area contributed by atoms with Crippen LogP contribution >= 0.6 is 0 Å². The summed E-state index contributed by atoms with van der Waals surface area (Å²) in [5.41, 5.74) is 0.423. The van der Waals surface area contributed by atoms with E-state index < -0.39 is 10.8 Å². The van der Waals surface area contributed by atoms with Gasteiger partial charge in [0, 0.05) is 40.6 Å². The highest BCUT2D eigenvalue weighted by Gasteiger charge is 2.20. The molecule has 0 aromatic carbocycles. The van der Waals surface area contributed by atoms with E-state index in [9.17, 15) is 9.00 Å². The Morgan fingerprint density at radius 2 is 2.32 bits per heavy atom. The van der Waals surface area contributed by atoms with Crippen molar-refractivity contribution >= 4 is 16.7 Å². The maximum atomic E-state index is 12.1. The first-order valence-corrected chi connectivity index (χ1v) is 9.12. The minimum atomic E-state index is -0.957. The van der Waals surface area contributed by atoms with E-state index >= 15 is 0 Å². The number of nitrogens with zero attached hydrogens (tertiary/aromatic N) is 2. The average molecular weight is 326 g/mol. The molecule has 2 unspecified atom stereocenters. The molecular weight excluding hydrogens is 300 g/mol. The van der Waals surface area contributed by atoms with Gasteiger partial charge in [-0.05, 0) is 46.2 Å². The second-order valence-corrected chi connectivity index (χ2v) is 8.92. The third kappa shape index (κ3) is 4.64. The van der Waals surface area contributed by atoms with Gasteiger partial charge < -0.3 is 10.6 Å². The molecule has 2 atom stereocenters. The first-order valence-electron chi connectivity index (χ1n) is 7.80. The van der Waals surface area contributed by atoms with Crippen molar-refractivity contribution < 1.29 is 9.00 Å². The van der Waals surface area contributed by atoms with Gasteiger partial charge in [-0.2, -0.15) is 5.10 Å². The van der Waals surface area contributed by atoms with Gasteiger partial charge in [-0.1, -0.05) is 0 Å². The van der Waals surface area contributed by atoms with Crippen LogP contribution in [0, 0.1) is 0 Å². The van der Waals surface area contributed by atoms with Crippen molar-refractivity contribution in [1.82, 2.24) is 20.4 Å². The molecule has 2 N–H and O–H groups in total. The zero-order valence-electron chi connectivity index (χ0n) is 13.6. The van der Waals surface area contributed by atoms with Crippen LogP contribution in [0.25, 0.3) is 0 Å². The summed E-state index contributed by atoms with van der Waals surface area (Å²) in [6.45, 7) is 8.16. The summed E-state index contributed by atoms with van der Waals surface area (Å²) in [7, 11) is -0.957. The van der Waals surface area contributed by atoms with Crippen LogP contribution in [0.3, 0.4) is 0 Å². The minimum absolute atomic E-state index is 0.201. The van der Waals surface area contributed by atoms with Gasteiger partial charge in [0.1, 0.15) is 5.69 Å². The van der Waals surface area contributed by atoms with Gasteiger partial charge >= 0.3 is 0 Å². The van der Waals surface area contributed by atoms with Gasteiger partial charge in [0.05, 0.1) is 6.04 Å². The summed E-state index contributed by atoms with van der Waals surface area (Å²) in [6.07, 6.45) is 4.07. The van der Waals surface area contributed by atoms with Crippen LogP contribution in [0.15, 0.2) is 12.3 Å². The number of hydrogen-bond acceptors (Lipinski definition) is 4. The number of piperidine rings is 1. The van der Waals surface area contributed by atoms with Crippen molar-refractivity contribution in [3.8, 4) is 0 Å². The van der Waals surface area contributed by atoms with Gasteiger partial charge in [0.15, 0.2) is 0 Å². The highest BCUT2D eigenvalue weighted by molar-refractivity contribution is 7.86. The lowest BCUT2D eigenvalue weighted by Gasteiger charge is -2.22. The topological polar surface area (TPSA) is 76.0 Å². The van der Waals surface area contributed by atoms with E-state index in [4.69, 9.17) is 0 Å². The molecule has 1 aromatic heterocycles. The van der Waals surface area contributed by atoms with E-state index in [1.54, 1.807) is 6.07 Å². The summed E-state index contributed by atoms with van der Waals surface area (Å²) < 4.78 is 13.5. The Morgan fingerprint density at radius 3 is 2.95 bits per heavy atom. The number of carbonyl (C=O) groups excluding carboxylic acids is 1. The highest BCUT2D eigenvalue weighted by Crippen LogP contribution is 2.15. The van der Waals surface area contributed by atoms with Crippen LogP contribution in [0.4, 0.5) is 0 Å². The summed E-state index contributed by atoms with van der Waals surface area (Å²) in [5.74, 6) is 0.260. The number of amides is 1. The predicted molar refractivity (Wildman–Crippen MR) is 88.5 cm³/mol. The van der Waals surface area contributed by atoms with E-state index in [-0.39, 0.29) is 10.7 Å². The molecule has 124 valence electrons. The normalized spacial score (nSPS) is 20.6. The van der Waals surface area contributed by atoms with Crippen molar-refractivity contribution in [2.75, 3.05) is 25.4 Å². The Hall–Kier alpha value is -1.21. The van der Waals surface area contributed by atoms with Crippen LogP contribution in [0.2, 0.25) is 0 Å². The molecule has 22 heavy (non-hydrogen) atoms. The Kier molecular flexibility index (Phi) is 5.74. The van der Waals surface area contributed by atoms with Crippen LogP contribution < -0.4 is 10.6 Å². The molecule has 1 aliphatic heterocycles. The fourth-order valence-electron chi connectivity index (χ4n) is 2.38. The van der Waals surface area contributed by atoms with Crippen molar-refractivity contribution in [3.63, 3.8) is 0 Å². The number of nitrogens with one attached hydrogen (secondary N) is 2. The summed E-state index contributed by atoms with van der Waals surface area (Å²) in [6, 6.07) is 2.06. The molecule has 1 amide bonds. The molecule has 0 spiro atoms. The largest absolute Gasteiger partial charge is 0.350 e. The second-order valence-electron chi connectivity index (χ2n) is 6.60. The van der Waals surface area contributed by atoms with Gasteiger partial charge in [-0.3, -0.25) is 13.7 Å². The fourth-order valence-corrected chi connectivity index (χ4v) is 3.28. The molecule has 0 radical (unpaired) electrons. The zero-order chi connectivity index (χ0) is 16.2. The minimum Gasteiger partial charge on any atom is -0.350 e. The molecule has 0 saturated carbocycles. The number of rotatable bonds is 5. The molecule has 2 rings (SSSR count). The molecule has 1 saturated heterocycles. The number of carbonyl (C=O) groups is 1. The smallest absolute Gasteiger partial charge is 0.271 e. The first kappa shape index (κ1) is 17.1. The molecule has 0 aliphatic carbocycles. The summed E-state index contributed by atoms with van der Waals surface area (Å²) in [5, 5.41) is 10.5. The molecular formula is C15H26N4O2S. The molecule has 2 heterocycles. The first-order chi connectivity index (χ1) is 10.4. The molecule has 7 heteroatoms. The number of aromatic nitrogens is 2. The lowest BCUT2D eigenvalue weighted by molar-refractivity contribution is 0.0949. The molecule has 1 aliphatic rings. The Bertz CT molecular complexity index is 530. The van der Waals surface area contributed by atoms with E-state index in [1.165, 1.54) is 0 Å². The quantitative estimate of drug-likeness (QED) is 0.849.